The molecule has 1 aliphatic heterocycles. The molecular formula is C14H16N4O2S. The predicted octanol–water partition coefficient (Wildman–Crippen LogP) is 1.32. The normalized spacial score (nSPS) is 17.7. The summed E-state index contributed by atoms with van der Waals surface area (Å²) in [5.41, 5.74) is 3.01. The summed E-state index contributed by atoms with van der Waals surface area (Å²) in [6.07, 6.45) is 6.54. The zero-order valence-electron chi connectivity index (χ0n) is 11.5. The van der Waals surface area contributed by atoms with Gasteiger partial charge in [-0.1, -0.05) is 11.8 Å². The van der Waals surface area contributed by atoms with Gasteiger partial charge in [-0.3, -0.25) is 4.79 Å². The summed E-state index contributed by atoms with van der Waals surface area (Å²) in [5.74, 6) is 0.748. The average molecular weight is 304 g/mol. The van der Waals surface area contributed by atoms with Crippen LogP contribution in [-0.2, 0) is 23.3 Å². The van der Waals surface area contributed by atoms with E-state index in [1.165, 1.54) is 0 Å². The molecule has 0 amide bonds. The van der Waals surface area contributed by atoms with Crippen LogP contribution in [0.4, 0.5) is 0 Å². The van der Waals surface area contributed by atoms with Crippen molar-refractivity contribution in [2.75, 3.05) is 13.2 Å². The zero-order valence-corrected chi connectivity index (χ0v) is 12.4. The van der Waals surface area contributed by atoms with Crippen molar-refractivity contribution in [2.45, 2.75) is 36.2 Å². The monoisotopic (exact) mass is 304 g/mol. The SMILES string of the molecule is O=c1[nH]c(SCc2cncn2C2COC2)nc2c1CCC2. The Hall–Kier alpha value is -1.60. The molecular weight excluding hydrogens is 288 g/mol. The topological polar surface area (TPSA) is 72.8 Å². The largest absolute Gasteiger partial charge is 0.377 e. The number of ether oxygens (including phenoxy) is 1. The quantitative estimate of drug-likeness (QED) is 0.681. The minimum atomic E-state index is 0.0286. The van der Waals surface area contributed by atoms with E-state index in [0.717, 1.165) is 55.2 Å². The molecule has 1 aliphatic carbocycles. The third kappa shape index (κ3) is 2.40. The number of aryl methyl sites for hydroxylation is 1. The molecule has 21 heavy (non-hydrogen) atoms. The van der Waals surface area contributed by atoms with Crippen LogP contribution in [0.3, 0.4) is 0 Å². The first-order valence-electron chi connectivity index (χ1n) is 7.14. The number of nitrogens with zero attached hydrogens (tertiary/aromatic N) is 3. The molecule has 1 N–H and O–H groups in total. The van der Waals surface area contributed by atoms with E-state index in [9.17, 15) is 4.79 Å². The lowest BCUT2D eigenvalue weighted by Crippen LogP contribution is -2.31. The number of H-pyrrole nitrogens is 1. The van der Waals surface area contributed by atoms with Gasteiger partial charge in [0.15, 0.2) is 5.16 Å². The molecule has 0 bridgehead atoms. The van der Waals surface area contributed by atoms with Gasteiger partial charge in [0.25, 0.3) is 5.56 Å². The maximum atomic E-state index is 12.0. The van der Waals surface area contributed by atoms with Gasteiger partial charge in [-0.25, -0.2) is 9.97 Å². The van der Waals surface area contributed by atoms with E-state index >= 15 is 0 Å². The van der Waals surface area contributed by atoms with E-state index in [1.54, 1.807) is 11.8 Å². The molecule has 0 unspecified atom stereocenters. The maximum Gasteiger partial charge on any atom is 0.254 e. The van der Waals surface area contributed by atoms with E-state index in [-0.39, 0.29) is 5.56 Å². The molecule has 2 aromatic heterocycles. The lowest BCUT2D eigenvalue weighted by Gasteiger charge is -2.28. The number of aromatic amines is 1. The van der Waals surface area contributed by atoms with Crippen LogP contribution in [0, 0.1) is 0 Å². The van der Waals surface area contributed by atoms with Crippen molar-refractivity contribution >= 4 is 11.8 Å². The summed E-state index contributed by atoms with van der Waals surface area (Å²) in [4.78, 5) is 23.7. The van der Waals surface area contributed by atoms with Gasteiger partial charge in [0, 0.05) is 23.2 Å². The van der Waals surface area contributed by atoms with Gasteiger partial charge in [-0.05, 0) is 19.3 Å². The molecule has 2 aliphatic rings. The Labute approximate surface area is 126 Å². The van der Waals surface area contributed by atoms with Gasteiger partial charge in [0.1, 0.15) is 0 Å². The average Bonchev–Trinajstić information content (AvgIpc) is 3.03. The Morgan fingerprint density at radius 1 is 1.43 bits per heavy atom. The lowest BCUT2D eigenvalue weighted by molar-refractivity contribution is -0.0241. The van der Waals surface area contributed by atoms with Crippen LogP contribution < -0.4 is 5.56 Å². The van der Waals surface area contributed by atoms with Gasteiger partial charge in [0.05, 0.1) is 31.3 Å². The van der Waals surface area contributed by atoms with Gasteiger partial charge in [0.2, 0.25) is 0 Å². The van der Waals surface area contributed by atoms with Crippen LogP contribution in [0.2, 0.25) is 0 Å². The molecule has 0 aromatic carbocycles. The lowest BCUT2D eigenvalue weighted by atomic mass is 10.2. The van der Waals surface area contributed by atoms with Crippen molar-refractivity contribution in [3.8, 4) is 0 Å². The van der Waals surface area contributed by atoms with Crippen LogP contribution in [-0.4, -0.2) is 32.7 Å². The second-order valence-corrected chi connectivity index (χ2v) is 6.39. The highest BCUT2D eigenvalue weighted by Gasteiger charge is 2.22. The maximum absolute atomic E-state index is 12.0. The molecule has 4 rings (SSSR count). The van der Waals surface area contributed by atoms with Crippen molar-refractivity contribution in [2.24, 2.45) is 0 Å². The van der Waals surface area contributed by atoms with E-state index in [4.69, 9.17) is 4.74 Å². The molecule has 1 fully saturated rings. The summed E-state index contributed by atoms with van der Waals surface area (Å²) in [6.45, 7) is 1.50. The number of hydrogen-bond acceptors (Lipinski definition) is 5. The minimum absolute atomic E-state index is 0.0286. The number of nitrogens with one attached hydrogen (secondary N) is 1. The molecule has 0 atom stereocenters. The van der Waals surface area contributed by atoms with E-state index in [2.05, 4.69) is 19.5 Å². The number of imidazole rings is 1. The van der Waals surface area contributed by atoms with Crippen LogP contribution in [0.1, 0.15) is 29.4 Å². The van der Waals surface area contributed by atoms with E-state index in [1.807, 2.05) is 12.5 Å². The summed E-state index contributed by atoms with van der Waals surface area (Å²) in [5, 5.41) is 0.707. The summed E-state index contributed by atoms with van der Waals surface area (Å²) >= 11 is 1.56. The van der Waals surface area contributed by atoms with Crippen LogP contribution in [0.25, 0.3) is 0 Å². The fourth-order valence-electron chi connectivity index (χ4n) is 2.79. The predicted molar refractivity (Wildman–Crippen MR) is 78.5 cm³/mol. The standard InChI is InChI=1S/C14H16N4O2S/c19-13-11-2-1-3-12(11)16-14(17-13)21-7-9-4-15-8-18(9)10-5-20-6-10/h4,8,10H,1-3,5-7H2,(H,16,17,19). The second-order valence-electron chi connectivity index (χ2n) is 5.42. The zero-order chi connectivity index (χ0) is 14.2. The first kappa shape index (κ1) is 13.1. The Bertz CT molecular complexity index is 720. The molecule has 1 saturated heterocycles. The van der Waals surface area contributed by atoms with Gasteiger partial charge >= 0.3 is 0 Å². The molecule has 3 heterocycles. The summed E-state index contributed by atoms with van der Waals surface area (Å²) in [6, 6.07) is 0.398. The summed E-state index contributed by atoms with van der Waals surface area (Å²) < 4.78 is 7.38. The van der Waals surface area contributed by atoms with Crippen molar-refractivity contribution in [3.63, 3.8) is 0 Å². The Kier molecular flexibility index (Phi) is 3.31. The van der Waals surface area contributed by atoms with Gasteiger partial charge in [-0.2, -0.15) is 0 Å². The van der Waals surface area contributed by atoms with Crippen molar-refractivity contribution in [1.82, 2.24) is 19.5 Å². The molecule has 6 nitrogen and oxygen atoms in total. The molecule has 0 saturated carbocycles. The highest BCUT2D eigenvalue weighted by molar-refractivity contribution is 7.98. The Balaban J connectivity index is 1.51. The van der Waals surface area contributed by atoms with E-state index < -0.39 is 0 Å². The minimum Gasteiger partial charge on any atom is -0.377 e. The number of hydrogen-bond donors (Lipinski definition) is 1. The molecule has 0 spiro atoms. The fourth-order valence-corrected chi connectivity index (χ4v) is 3.63. The Morgan fingerprint density at radius 3 is 3.14 bits per heavy atom. The third-order valence-electron chi connectivity index (χ3n) is 4.04. The number of rotatable bonds is 4. The van der Waals surface area contributed by atoms with Gasteiger partial charge < -0.3 is 14.3 Å². The summed E-state index contributed by atoms with van der Waals surface area (Å²) in [7, 11) is 0. The Morgan fingerprint density at radius 2 is 2.33 bits per heavy atom. The van der Waals surface area contributed by atoms with Crippen LogP contribution >= 0.6 is 11.8 Å². The third-order valence-corrected chi connectivity index (χ3v) is 4.94. The molecule has 0 radical (unpaired) electrons. The van der Waals surface area contributed by atoms with Crippen LogP contribution in [0.5, 0.6) is 0 Å². The second kappa shape index (κ2) is 5.31. The van der Waals surface area contributed by atoms with E-state index in [0.29, 0.717) is 11.2 Å². The van der Waals surface area contributed by atoms with Crippen LogP contribution in [0.15, 0.2) is 22.5 Å². The molecule has 7 heteroatoms. The van der Waals surface area contributed by atoms with Gasteiger partial charge in [-0.15, -0.1) is 0 Å². The first-order valence-corrected chi connectivity index (χ1v) is 8.13. The number of fused-ring (bicyclic) bond motifs is 1. The smallest absolute Gasteiger partial charge is 0.254 e. The highest BCUT2D eigenvalue weighted by Crippen LogP contribution is 2.25. The number of thioether (sulfide) groups is 1. The highest BCUT2D eigenvalue weighted by atomic mass is 32.2. The first-order chi connectivity index (χ1) is 10.3. The van der Waals surface area contributed by atoms with Crippen molar-refractivity contribution in [3.05, 3.63) is 39.8 Å². The number of aromatic nitrogens is 4. The van der Waals surface area contributed by atoms with Crippen molar-refractivity contribution < 1.29 is 4.74 Å². The van der Waals surface area contributed by atoms with Crippen molar-refractivity contribution in [1.29, 1.82) is 0 Å². The molecule has 2 aromatic rings. The fraction of sp³-hybridized carbons (Fsp3) is 0.500. The molecule has 110 valence electrons.